The van der Waals surface area contributed by atoms with Gasteiger partial charge in [0, 0.05) is 6.42 Å². The Morgan fingerprint density at radius 1 is 1.41 bits per heavy atom. The lowest BCUT2D eigenvalue weighted by Crippen LogP contribution is -2.24. The summed E-state index contributed by atoms with van der Waals surface area (Å²) in [6.45, 7) is 1.18. The Morgan fingerprint density at radius 2 is 2.12 bits per heavy atom. The number of halogens is 2. The number of ether oxygens (including phenoxy) is 1. The van der Waals surface area contributed by atoms with Crippen molar-refractivity contribution < 1.29 is 23.7 Å². The van der Waals surface area contributed by atoms with Gasteiger partial charge in [0.2, 0.25) is 0 Å². The minimum atomic E-state index is -0.925. The summed E-state index contributed by atoms with van der Waals surface area (Å²) < 4.78 is 31.7. The molecule has 5 heteroatoms. The van der Waals surface area contributed by atoms with Gasteiger partial charge in [-0.25, -0.2) is 8.78 Å². The van der Waals surface area contributed by atoms with Crippen LogP contribution >= 0.6 is 0 Å². The molecule has 3 atom stereocenters. The predicted molar refractivity (Wildman–Crippen MR) is 56.4 cm³/mol. The zero-order valence-electron chi connectivity index (χ0n) is 9.36. The molecule has 0 aliphatic carbocycles. The van der Waals surface area contributed by atoms with E-state index in [4.69, 9.17) is 9.84 Å². The Balaban J connectivity index is 2.25. The molecule has 2 N–H and O–H groups in total. The number of aryl methyl sites for hydroxylation is 1. The minimum absolute atomic E-state index is 0.200. The van der Waals surface area contributed by atoms with Crippen molar-refractivity contribution in [3.63, 3.8) is 0 Å². The third-order valence-electron chi connectivity index (χ3n) is 3.01. The van der Waals surface area contributed by atoms with E-state index in [1.54, 1.807) is 0 Å². The van der Waals surface area contributed by atoms with Crippen molar-refractivity contribution in [1.29, 1.82) is 0 Å². The molecule has 0 unspecified atom stereocenters. The maximum Gasteiger partial charge on any atom is 0.161 e. The van der Waals surface area contributed by atoms with Gasteiger partial charge in [0.15, 0.2) is 11.6 Å². The summed E-state index contributed by atoms with van der Waals surface area (Å²) in [5, 5.41) is 18.5. The Kier molecular flexibility index (Phi) is 3.42. The quantitative estimate of drug-likeness (QED) is 0.828. The molecule has 1 aliphatic heterocycles. The number of rotatable bonds is 2. The average molecular weight is 244 g/mol. The van der Waals surface area contributed by atoms with Crippen LogP contribution in [0.15, 0.2) is 12.1 Å². The summed E-state index contributed by atoms with van der Waals surface area (Å²) in [7, 11) is 0. The van der Waals surface area contributed by atoms with Crippen molar-refractivity contribution in [1.82, 2.24) is 0 Å². The molecular formula is C12H14F2O3. The standard InChI is InChI=1S/C12H14F2O3/c1-6-2-7(3-8(13)12(6)14)10-4-9(16)11(5-15)17-10/h2-3,9-11,15-16H,4-5H2,1H3/t9-,10+,11+/m0/s1. The second-order valence-electron chi connectivity index (χ2n) is 4.28. The lowest BCUT2D eigenvalue weighted by atomic mass is 10.0. The van der Waals surface area contributed by atoms with E-state index in [0.717, 1.165) is 6.07 Å². The highest BCUT2D eigenvalue weighted by molar-refractivity contribution is 5.27. The van der Waals surface area contributed by atoms with Gasteiger partial charge in [-0.05, 0) is 24.1 Å². The van der Waals surface area contributed by atoms with E-state index in [-0.39, 0.29) is 18.6 Å². The maximum atomic E-state index is 13.2. The van der Waals surface area contributed by atoms with Crippen LogP contribution in [0.25, 0.3) is 0 Å². The van der Waals surface area contributed by atoms with Gasteiger partial charge < -0.3 is 14.9 Å². The first-order chi connectivity index (χ1) is 8.02. The van der Waals surface area contributed by atoms with Crippen molar-refractivity contribution in [2.75, 3.05) is 6.61 Å². The molecule has 0 bridgehead atoms. The van der Waals surface area contributed by atoms with Crippen LogP contribution in [-0.2, 0) is 4.74 Å². The van der Waals surface area contributed by atoms with E-state index in [1.807, 2.05) is 0 Å². The molecule has 1 aromatic carbocycles. The van der Waals surface area contributed by atoms with E-state index in [2.05, 4.69) is 0 Å². The number of hydrogen-bond acceptors (Lipinski definition) is 3. The molecule has 0 saturated carbocycles. The lowest BCUT2D eigenvalue weighted by molar-refractivity contribution is -0.0226. The second-order valence-corrected chi connectivity index (χ2v) is 4.28. The van der Waals surface area contributed by atoms with Crippen LogP contribution in [0, 0.1) is 18.6 Å². The van der Waals surface area contributed by atoms with E-state index < -0.39 is 29.9 Å². The van der Waals surface area contributed by atoms with Crippen LogP contribution in [0.2, 0.25) is 0 Å². The summed E-state index contributed by atoms with van der Waals surface area (Å²) in [6, 6.07) is 2.56. The largest absolute Gasteiger partial charge is 0.394 e. The normalized spacial score (nSPS) is 28.6. The van der Waals surface area contributed by atoms with Crippen molar-refractivity contribution in [2.45, 2.75) is 31.7 Å². The topological polar surface area (TPSA) is 49.7 Å². The molecule has 0 spiro atoms. The van der Waals surface area contributed by atoms with Gasteiger partial charge in [-0.15, -0.1) is 0 Å². The fourth-order valence-corrected chi connectivity index (χ4v) is 2.05. The average Bonchev–Trinajstić information content (AvgIpc) is 2.66. The van der Waals surface area contributed by atoms with Crippen molar-refractivity contribution in [2.24, 2.45) is 0 Å². The van der Waals surface area contributed by atoms with Gasteiger partial charge in [0.1, 0.15) is 6.10 Å². The SMILES string of the molecule is Cc1cc([C@H]2C[C@H](O)[C@@H](CO)O2)cc(F)c1F. The number of aliphatic hydroxyl groups excluding tert-OH is 2. The van der Waals surface area contributed by atoms with Gasteiger partial charge in [-0.2, -0.15) is 0 Å². The zero-order valence-corrected chi connectivity index (χ0v) is 9.36. The van der Waals surface area contributed by atoms with Crippen LogP contribution in [0.3, 0.4) is 0 Å². The fourth-order valence-electron chi connectivity index (χ4n) is 2.05. The summed E-state index contributed by atoms with van der Waals surface area (Å²) in [5.74, 6) is -1.79. The highest BCUT2D eigenvalue weighted by Gasteiger charge is 2.34. The molecule has 0 amide bonds. The van der Waals surface area contributed by atoms with Crippen LogP contribution in [0.4, 0.5) is 8.78 Å². The van der Waals surface area contributed by atoms with Gasteiger partial charge in [-0.1, -0.05) is 6.07 Å². The van der Waals surface area contributed by atoms with Gasteiger partial charge in [0.25, 0.3) is 0 Å². The van der Waals surface area contributed by atoms with Gasteiger partial charge in [0.05, 0.1) is 18.8 Å². The summed E-state index contributed by atoms with van der Waals surface area (Å²) >= 11 is 0. The number of aliphatic hydroxyl groups is 2. The lowest BCUT2D eigenvalue weighted by Gasteiger charge is -2.13. The van der Waals surface area contributed by atoms with Crippen LogP contribution in [0.5, 0.6) is 0 Å². The van der Waals surface area contributed by atoms with Crippen molar-refractivity contribution in [3.8, 4) is 0 Å². The first kappa shape index (κ1) is 12.4. The second kappa shape index (κ2) is 4.68. The molecule has 1 aromatic rings. The van der Waals surface area contributed by atoms with Gasteiger partial charge >= 0.3 is 0 Å². The third kappa shape index (κ3) is 2.31. The molecular weight excluding hydrogens is 230 g/mol. The van der Waals surface area contributed by atoms with Crippen molar-refractivity contribution >= 4 is 0 Å². The molecule has 3 nitrogen and oxygen atoms in total. The van der Waals surface area contributed by atoms with Crippen LogP contribution in [-0.4, -0.2) is 29.0 Å². The Morgan fingerprint density at radius 3 is 2.65 bits per heavy atom. The van der Waals surface area contributed by atoms with Crippen LogP contribution in [0.1, 0.15) is 23.7 Å². The molecule has 17 heavy (non-hydrogen) atoms. The Bertz CT molecular complexity index is 399. The highest BCUT2D eigenvalue weighted by atomic mass is 19.2. The highest BCUT2D eigenvalue weighted by Crippen LogP contribution is 2.34. The number of hydrogen-bond donors (Lipinski definition) is 2. The summed E-state index contributed by atoms with van der Waals surface area (Å²) in [5.41, 5.74) is 0.682. The predicted octanol–water partition coefficient (Wildman–Crippen LogP) is 1.46. The smallest absolute Gasteiger partial charge is 0.161 e. The summed E-state index contributed by atoms with van der Waals surface area (Å²) in [6.07, 6.45) is -1.67. The molecule has 0 aromatic heterocycles. The minimum Gasteiger partial charge on any atom is -0.394 e. The fraction of sp³-hybridized carbons (Fsp3) is 0.500. The molecule has 1 saturated heterocycles. The molecule has 0 radical (unpaired) electrons. The van der Waals surface area contributed by atoms with Gasteiger partial charge in [-0.3, -0.25) is 0 Å². The number of benzene rings is 1. The van der Waals surface area contributed by atoms with E-state index in [0.29, 0.717) is 5.56 Å². The zero-order chi connectivity index (χ0) is 12.6. The third-order valence-corrected chi connectivity index (χ3v) is 3.01. The van der Waals surface area contributed by atoms with E-state index >= 15 is 0 Å². The first-order valence-electron chi connectivity index (χ1n) is 5.43. The van der Waals surface area contributed by atoms with E-state index in [1.165, 1.54) is 13.0 Å². The maximum absolute atomic E-state index is 13.2. The molecule has 2 rings (SSSR count). The molecule has 1 aliphatic rings. The monoisotopic (exact) mass is 244 g/mol. The first-order valence-corrected chi connectivity index (χ1v) is 5.43. The molecule has 94 valence electrons. The molecule has 1 heterocycles. The molecule has 1 fully saturated rings. The van der Waals surface area contributed by atoms with E-state index in [9.17, 15) is 13.9 Å². The Hall–Kier alpha value is -1.04. The van der Waals surface area contributed by atoms with Crippen LogP contribution < -0.4 is 0 Å². The summed E-state index contributed by atoms with van der Waals surface area (Å²) in [4.78, 5) is 0. The Labute approximate surface area is 97.6 Å². The van der Waals surface area contributed by atoms with Crippen molar-refractivity contribution in [3.05, 3.63) is 34.9 Å².